The van der Waals surface area contributed by atoms with Crippen molar-refractivity contribution in [1.82, 2.24) is 0 Å². The molecule has 0 atom stereocenters. The maximum absolute atomic E-state index is 10.6. The molecule has 1 aromatic rings. The minimum atomic E-state index is -0.413. The molecule has 0 aliphatic carbocycles. The third-order valence-corrected chi connectivity index (χ3v) is 1.14. The van der Waals surface area contributed by atoms with Crippen LogP contribution in [-0.4, -0.2) is 5.11 Å². The summed E-state index contributed by atoms with van der Waals surface area (Å²) in [5, 5.41) is 8.61. The molecular formula is C7H8O3. The number of aryl methyl sites for hydroxylation is 1. The minimum Gasteiger partial charge on any atom is -0.428 e. The van der Waals surface area contributed by atoms with Crippen LogP contribution < -0.4 is 5.63 Å². The van der Waals surface area contributed by atoms with Crippen molar-refractivity contribution in [2.24, 2.45) is 0 Å². The van der Waals surface area contributed by atoms with Gasteiger partial charge in [0, 0.05) is 6.07 Å². The van der Waals surface area contributed by atoms with Gasteiger partial charge in [-0.15, -0.1) is 0 Å². The minimum absolute atomic E-state index is 0.119. The van der Waals surface area contributed by atoms with E-state index in [4.69, 9.17) is 5.11 Å². The summed E-state index contributed by atoms with van der Waals surface area (Å²) < 4.78 is 4.65. The smallest absolute Gasteiger partial charge is 0.336 e. The summed E-state index contributed by atoms with van der Waals surface area (Å²) in [5.41, 5.74) is 0.179. The van der Waals surface area contributed by atoms with Crippen LogP contribution in [0, 0.1) is 6.92 Å². The molecule has 0 radical (unpaired) electrons. The Hall–Kier alpha value is -1.09. The van der Waals surface area contributed by atoms with Crippen molar-refractivity contribution in [1.29, 1.82) is 0 Å². The molecule has 0 aliphatic heterocycles. The second kappa shape index (κ2) is 2.66. The van der Waals surface area contributed by atoms with Gasteiger partial charge in [0.25, 0.3) is 0 Å². The van der Waals surface area contributed by atoms with E-state index >= 15 is 0 Å². The van der Waals surface area contributed by atoms with Gasteiger partial charge in [0.05, 0.1) is 6.61 Å². The maximum atomic E-state index is 10.6. The first-order valence-corrected chi connectivity index (χ1v) is 2.94. The zero-order chi connectivity index (χ0) is 7.56. The third kappa shape index (κ3) is 1.45. The van der Waals surface area contributed by atoms with Crippen molar-refractivity contribution in [3.05, 3.63) is 33.9 Å². The fourth-order valence-electron chi connectivity index (χ4n) is 0.763. The molecule has 0 bridgehead atoms. The zero-order valence-electron chi connectivity index (χ0n) is 5.63. The third-order valence-electron chi connectivity index (χ3n) is 1.14. The Morgan fingerprint density at radius 2 is 2.30 bits per heavy atom. The van der Waals surface area contributed by atoms with Crippen LogP contribution >= 0.6 is 0 Å². The molecular weight excluding hydrogens is 132 g/mol. The highest BCUT2D eigenvalue weighted by atomic mass is 16.4. The first-order chi connectivity index (χ1) is 4.72. The molecule has 3 heteroatoms. The summed E-state index contributed by atoms with van der Waals surface area (Å²) in [7, 11) is 0. The molecule has 1 rings (SSSR count). The van der Waals surface area contributed by atoms with Crippen molar-refractivity contribution in [3.8, 4) is 0 Å². The number of hydrogen-bond acceptors (Lipinski definition) is 3. The Morgan fingerprint density at radius 3 is 2.80 bits per heavy atom. The molecule has 1 heterocycles. The highest BCUT2D eigenvalue weighted by molar-refractivity contribution is 5.11. The molecule has 1 N–H and O–H groups in total. The molecule has 0 saturated heterocycles. The Balaban J connectivity index is 3.19. The van der Waals surface area contributed by atoms with Gasteiger partial charge in [-0.25, -0.2) is 4.79 Å². The number of hydrogen-bond donors (Lipinski definition) is 1. The highest BCUT2D eigenvalue weighted by Gasteiger charge is 1.94. The van der Waals surface area contributed by atoms with E-state index in [1.54, 1.807) is 13.0 Å². The molecule has 0 spiro atoms. The molecule has 0 saturated carbocycles. The summed E-state index contributed by atoms with van der Waals surface area (Å²) in [6.45, 7) is 1.55. The fourth-order valence-corrected chi connectivity index (χ4v) is 0.763. The van der Waals surface area contributed by atoms with Gasteiger partial charge in [-0.3, -0.25) is 0 Å². The van der Waals surface area contributed by atoms with Crippen molar-refractivity contribution >= 4 is 0 Å². The van der Waals surface area contributed by atoms with E-state index < -0.39 is 5.63 Å². The fraction of sp³-hybridized carbons (Fsp3) is 0.286. The van der Waals surface area contributed by atoms with Crippen molar-refractivity contribution < 1.29 is 9.52 Å². The van der Waals surface area contributed by atoms with E-state index in [9.17, 15) is 4.79 Å². The van der Waals surface area contributed by atoms with Gasteiger partial charge >= 0.3 is 5.63 Å². The van der Waals surface area contributed by atoms with Gasteiger partial charge < -0.3 is 9.52 Å². The Morgan fingerprint density at radius 1 is 1.60 bits per heavy atom. The van der Waals surface area contributed by atoms with Gasteiger partial charge in [-0.1, -0.05) is 0 Å². The topological polar surface area (TPSA) is 50.4 Å². The van der Waals surface area contributed by atoms with Gasteiger partial charge in [0.2, 0.25) is 0 Å². The van der Waals surface area contributed by atoms with Crippen molar-refractivity contribution in [2.75, 3.05) is 0 Å². The summed E-state index contributed by atoms with van der Waals surface area (Å²) in [4.78, 5) is 10.6. The molecule has 1 aromatic heterocycles. The zero-order valence-corrected chi connectivity index (χ0v) is 5.63. The van der Waals surface area contributed by atoms with Crippen LogP contribution in [0.4, 0.5) is 0 Å². The molecule has 0 amide bonds. The predicted molar refractivity (Wildman–Crippen MR) is 35.6 cm³/mol. The summed E-state index contributed by atoms with van der Waals surface area (Å²) >= 11 is 0. The largest absolute Gasteiger partial charge is 0.428 e. The van der Waals surface area contributed by atoms with Crippen LogP contribution in [-0.2, 0) is 6.61 Å². The summed E-state index contributed by atoms with van der Waals surface area (Å²) in [5.74, 6) is 0.525. The average molecular weight is 140 g/mol. The molecule has 10 heavy (non-hydrogen) atoms. The van der Waals surface area contributed by atoms with Crippen LogP contribution in [0.3, 0.4) is 0 Å². The van der Waals surface area contributed by atoms with E-state index in [1.807, 2.05) is 0 Å². The standard InChI is InChI=1S/C7H8O3/c1-5-2-6(4-8)3-7(9)10-5/h2-3,8H,4H2,1H3. The second-order valence-electron chi connectivity index (χ2n) is 2.05. The Kier molecular flexibility index (Phi) is 1.87. The maximum Gasteiger partial charge on any atom is 0.336 e. The lowest BCUT2D eigenvalue weighted by atomic mass is 10.3. The van der Waals surface area contributed by atoms with Gasteiger partial charge in [0.15, 0.2) is 0 Å². The molecule has 0 fully saturated rings. The highest BCUT2D eigenvalue weighted by Crippen LogP contribution is 1.98. The Labute approximate surface area is 57.9 Å². The first kappa shape index (κ1) is 7.02. The quantitative estimate of drug-likeness (QED) is 0.615. The van der Waals surface area contributed by atoms with Gasteiger partial charge in [-0.05, 0) is 18.6 Å². The van der Waals surface area contributed by atoms with E-state index in [0.29, 0.717) is 11.3 Å². The number of aliphatic hydroxyl groups excluding tert-OH is 1. The second-order valence-corrected chi connectivity index (χ2v) is 2.05. The van der Waals surface area contributed by atoms with Crippen LogP contribution in [0.25, 0.3) is 0 Å². The van der Waals surface area contributed by atoms with Crippen molar-refractivity contribution in [3.63, 3.8) is 0 Å². The average Bonchev–Trinajstić information content (AvgIpc) is 1.85. The SMILES string of the molecule is Cc1cc(CO)cc(=O)o1. The molecule has 0 aromatic carbocycles. The van der Waals surface area contributed by atoms with Crippen LogP contribution in [0.15, 0.2) is 21.3 Å². The lowest BCUT2D eigenvalue weighted by Crippen LogP contribution is -2.00. The van der Waals surface area contributed by atoms with Crippen molar-refractivity contribution in [2.45, 2.75) is 13.5 Å². The molecule has 3 nitrogen and oxygen atoms in total. The van der Waals surface area contributed by atoms with E-state index in [0.717, 1.165) is 0 Å². The van der Waals surface area contributed by atoms with Crippen LogP contribution in [0.2, 0.25) is 0 Å². The monoisotopic (exact) mass is 140 g/mol. The van der Waals surface area contributed by atoms with Crippen LogP contribution in [0.1, 0.15) is 11.3 Å². The molecule has 0 unspecified atom stereocenters. The van der Waals surface area contributed by atoms with Gasteiger partial charge in [0.1, 0.15) is 5.76 Å². The number of aliphatic hydroxyl groups is 1. The summed E-state index contributed by atoms with van der Waals surface area (Å²) in [6.07, 6.45) is 0. The predicted octanol–water partition coefficient (Wildman–Crippen LogP) is 0.441. The summed E-state index contributed by atoms with van der Waals surface area (Å²) in [6, 6.07) is 2.90. The lowest BCUT2D eigenvalue weighted by molar-refractivity contribution is 0.279. The van der Waals surface area contributed by atoms with E-state index in [-0.39, 0.29) is 6.61 Å². The first-order valence-electron chi connectivity index (χ1n) is 2.94. The van der Waals surface area contributed by atoms with E-state index in [1.165, 1.54) is 6.07 Å². The van der Waals surface area contributed by atoms with Crippen LogP contribution in [0.5, 0.6) is 0 Å². The van der Waals surface area contributed by atoms with Gasteiger partial charge in [-0.2, -0.15) is 0 Å². The molecule has 54 valence electrons. The Bertz CT molecular complexity index is 274. The van der Waals surface area contributed by atoms with E-state index in [2.05, 4.69) is 4.42 Å². The normalized spacial score (nSPS) is 9.80. The lowest BCUT2D eigenvalue weighted by Gasteiger charge is -1.93. The number of rotatable bonds is 1. The molecule has 0 aliphatic rings.